The van der Waals surface area contributed by atoms with Crippen LogP contribution in [0.3, 0.4) is 0 Å². The van der Waals surface area contributed by atoms with Crippen LogP contribution in [0.5, 0.6) is 5.75 Å². The molecule has 332 valence electrons. The van der Waals surface area contributed by atoms with Crippen LogP contribution in [0, 0.1) is 0 Å². The lowest BCUT2D eigenvalue weighted by molar-refractivity contribution is -0.134. The minimum absolute atomic E-state index is 0.0267. The van der Waals surface area contributed by atoms with Crippen molar-refractivity contribution in [3.8, 4) is 5.75 Å². The minimum Gasteiger partial charge on any atom is -0.489 e. The molecule has 17 heteroatoms. The van der Waals surface area contributed by atoms with Crippen molar-refractivity contribution in [1.29, 1.82) is 0 Å². The Bertz CT molecular complexity index is 2500. The maximum Gasteiger partial charge on any atom is 0.408 e. The second-order valence-corrected chi connectivity index (χ2v) is 15.2. The van der Waals surface area contributed by atoms with Gasteiger partial charge in [-0.3, -0.25) is 24.0 Å². The van der Waals surface area contributed by atoms with E-state index in [1.54, 1.807) is 54.7 Å². The Morgan fingerprint density at radius 2 is 1.17 bits per heavy atom. The van der Waals surface area contributed by atoms with Gasteiger partial charge in [0.25, 0.3) is 0 Å². The highest BCUT2D eigenvalue weighted by atomic mass is 16.5. The summed E-state index contributed by atoms with van der Waals surface area (Å²) in [5, 5.41) is 14.1. The third-order valence-electron chi connectivity index (χ3n) is 10.3. The van der Waals surface area contributed by atoms with Gasteiger partial charge in [0, 0.05) is 48.3 Å². The summed E-state index contributed by atoms with van der Waals surface area (Å²) in [5.74, 6) is -3.01. The fourth-order valence-corrected chi connectivity index (χ4v) is 6.70. The van der Waals surface area contributed by atoms with Gasteiger partial charge in [0.05, 0.1) is 6.33 Å². The molecule has 0 saturated carbocycles. The predicted octanol–water partition coefficient (Wildman–Crippen LogP) is 3.26. The number of H-pyrrole nitrogens is 2. The standard InChI is InChI=1S/C47H51N9O8/c1-29(42(48)57)52-45(60)40(22-34-24-50-38-16-10-9-15-37(34)38)54-43(58)30(2)53-44(59)39(21-31-17-19-36(20-18-31)63-26-32-11-5-3-6-12-32)55-46(61)41(23-35-25-49-28-51-35)56-47(62)64-27-33-13-7-4-8-14-33/h3-20,24-25,28-30,39-41,50H,21-23,26-27H2,1-2H3,(H2,48,57)(H,49,51)(H,52,60)(H,53,59)(H,54,58)(H,55,61)(H,56,62)/t29-,30+,39+,40+,41+/m1/s1. The number of hydrogen-bond donors (Lipinski definition) is 8. The maximum atomic E-state index is 14.2. The highest BCUT2D eigenvalue weighted by Gasteiger charge is 2.32. The van der Waals surface area contributed by atoms with Crippen molar-refractivity contribution in [3.05, 3.63) is 156 Å². The lowest BCUT2D eigenvalue weighted by Crippen LogP contribution is -2.59. The van der Waals surface area contributed by atoms with E-state index in [0.717, 1.165) is 27.6 Å². The van der Waals surface area contributed by atoms with Gasteiger partial charge >= 0.3 is 6.09 Å². The predicted molar refractivity (Wildman–Crippen MR) is 237 cm³/mol. The molecule has 5 atom stereocenters. The number of alkyl carbamates (subject to hydrolysis) is 1. The van der Waals surface area contributed by atoms with Crippen molar-refractivity contribution in [3.63, 3.8) is 0 Å². The Morgan fingerprint density at radius 3 is 1.83 bits per heavy atom. The van der Waals surface area contributed by atoms with Crippen LogP contribution in [0.25, 0.3) is 10.9 Å². The molecule has 0 aliphatic carbocycles. The number of aromatic amines is 2. The first-order valence-electron chi connectivity index (χ1n) is 20.7. The van der Waals surface area contributed by atoms with E-state index in [2.05, 4.69) is 41.5 Å². The van der Waals surface area contributed by atoms with Crippen LogP contribution < -0.4 is 37.1 Å². The minimum atomic E-state index is -1.27. The zero-order valence-electron chi connectivity index (χ0n) is 35.3. The molecular weight excluding hydrogens is 819 g/mol. The van der Waals surface area contributed by atoms with E-state index < -0.39 is 65.8 Å². The number of primary amides is 1. The first-order chi connectivity index (χ1) is 30.9. The summed E-state index contributed by atoms with van der Waals surface area (Å²) in [6, 6.07) is 27.2. The fourth-order valence-electron chi connectivity index (χ4n) is 6.70. The molecule has 6 aromatic rings. The average molecular weight is 870 g/mol. The summed E-state index contributed by atoms with van der Waals surface area (Å²) in [7, 11) is 0. The zero-order chi connectivity index (χ0) is 45.4. The van der Waals surface area contributed by atoms with Crippen molar-refractivity contribution in [2.75, 3.05) is 0 Å². The quantitative estimate of drug-likeness (QED) is 0.0528. The molecule has 4 aromatic carbocycles. The topological polar surface area (TPSA) is 252 Å². The number of fused-ring (bicyclic) bond motifs is 1. The van der Waals surface area contributed by atoms with Gasteiger partial charge in [0.15, 0.2) is 0 Å². The van der Waals surface area contributed by atoms with Crippen molar-refractivity contribution >= 4 is 46.5 Å². The van der Waals surface area contributed by atoms with Crippen molar-refractivity contribution in [1.82, 2.24) is 41.5 Å². The molecule has 0 unspecified atom stereocenters. The van der Waals surface area contributed by atoms with Gasteiger partial charge in [-0.25, -0.2) is 9.78 Å². The first-order valence-corrected chi connectivity index (χ1v) is 20.7. The van der Waals surface area contributed by atoms with E-state index >= 15 is 0 Å². The van der Waals surface area contributed by atoms with E-state index in [0.29, 0.717) is 23.6 Å². The summed E-state index contributed by atoms with van der Waals surface area (Å²) in [6.07, 6.45) is 3.78. The Morgan fingerprint density at radius 1 is 0.594 bits per heavy atom. The fraction of sp³-hybridized carbons (Fsp3) is 0.255. The van der Waals surface area contributed by atoms with Crippen LogP contribution in [0.4, 0.5) is 4.79 Å². The summed E-state index contributed by atoms with van der Waals surface area (Å²) in [4.78, 5) is 90.6. The number of para-hydroxylation sites is 1. The Balaban J connectivity index is 1.18. The SMILES string of the molecule is C[C@H](NC(=O)[C@H](Cc1ccc(OCc2ccccc2)cc1)NC(=O)[C@H](Cc1cnc[nH]1)NC(=O)OCc1ccccc1)C(=O)N[C@@H](Cc1c[nH]c2ccccc12)C(=O)N[C@H](C)C(N)=O. The van der Waals surface area contributed by atoms with Crippen LogP contribution in [-0.2, 0) is 61.2 Å². The molecule has 17 nitrogen and oxygen atoms in total. The number of carbonyl (C=O) groups excluding carboxylic acids is 6. The molecule has 0 bridgehead atoms. The molecule has 0 saturated heterocycles. The maximum absolute atomic E-state index is 14.2. The number of nitrogens with two attached hydrogens (primary N) is 1. The third kappa shape index (κ3) is 13.3. The lowest BCUT2D eigenvalue weighted by Gasteiger charge is -2.25. The molecule has 2 heterocycles. The summed E-state index contributed by atoms with van der Waals surface area (Å²) in [5.41, 5.74) is 9.85. The van der Waals surface area contributed by atoms with Gasteiger partial charge in [-0.2, -0.15) is 0 Å². The lowest BCUT2D eigenvalue weighted by atomic mass is 10.0. The summed E-state index contributed by atoms with van der Waals surface area (Å²) >= 11 is 0. The summed E-state index contributed by atoms with van der Waals surface area (Å²) in [6.45, 7) is 3.16. The normalized spacial score (nSPS) is 13.3. The number of hydrogen-bond acceptors (Lipinski definition) is 9. The monoisotopic (exact) mass is 869 g/mol. The second kappa shape index (κ2) is 22.2. The molecule has 64 heavy (non-hydrogen) atoms. The molecule has 0 aliphatic heterocycles. The van der Waals surface area contributed by atoms with Crippen LogP contribution >= 0.6 is 0 Å². The Kier molecular flexibility index (Phi) is 15.8. The van der Waals surface area contributed by atoms with Crippen LogP contribution in [0.1, 0.15) is 41.8 Å². The number of benzene rings is 4. The largest absolute Gasteiger partial charge is 0.489 e. The molecule has 2 aromatic heterocycles. The second-order valence-electron chi connectivity index (χ2n) is 15.2. The van der Waals surface area contributed by atoms with Gasteiger partial charge in [-0.15, -0.1) is 0 Å². The zero-order valence-corrected chi connectivity index (χ0v) is 35.3. The van der Waals surface area contributed by atoms with E-state index in [1.807, 2.05) is 60.7 Å². The van der Waals surface area contributed by atoms with Gasteiger partial charge in [-0.1, -0.05) is 91.0 Å². The Labute approximate surface area is 369 Å². The smallest absolute Gasteiger partial charge is 0.408 e. The number of rotatable bonds is 21. The first kappa shape index (κ1) is 45.6. The molecule has 0 radical (unpaired) electrons. The molecule has 6 amide bonds. The Hall–Kier alpha value is -7.95. The van der Waals surface area contributed by atoms with Gasteiger partial charge in [-0.05, 0) is 54.3 Å². The number of amides is 6. The van der Waals surface area contributed by atoms with Gasteiger partial charge in [0.2, 0.25) is 29.5 Å². The van der Waals surface area contributed by atoms with Crippen molar-refractivity contribution < 1.29 is 38.2 Å². The van der Waals surface area contributed by atoms with Crippen LogP contribution in [0.15, 0.2) is 128 Å². The molecule has 0 fully saturated rings. The number of nitrogens with zero attached hydrogens (tertiary/aromatic N) is 1. The van der Waals surface area contributed by atoms with Crippen LogP contribution in [-0.4, -0.2) is 80.8 Å². The number of ether oxygens (including phenoxy) is 2. The van der Waals surface area contributed by atoms with E-state index in [9.17, 15) is 28.8 Å². The number of imidazole rings is 1. The van der Waals surface area contributed by atoms with E-state index in [1.165, 1.54) is 26.4 Å². The van der Waals surface area contributed by atoms with Gasteiger partial charge in [0.1, 0.15) is 49.2 Å². The van der Waals surface area contributed by atoms with E-state index in [4.69, 9.17) is 15.2 Å². The molecule has 6 rings (SSSR count). The third-order valence-corrected chi connectivity index (χ3v) is 10.3. The van der Waals surface area contributed by atoms with Crippen LogP contribution in [0.2, 0.25) is 0 Å². The molecule has 0 aliphatic rings. The van der Waals surface area contributed by atoms with Gasteiger partial charge < -0.3 is 51.8 Å². The highest BCUT2D eigenvalue weighted by Crippen LogP contribution is 2.20. The average Bonchev–Trinajstić information content (AvgIpc) is 3.98. The van der Waals surface area contributed by atoms with Crippen molar-refractivity contribution in [2.45, 2.75) is 76.5 Å². The summed E-state index contributed by atoms with van der Waals surface area (Å²) < 4.78 is 11.3. The number of carbonyl (C=O) groups is 6. The highest BCUT2D eigenvalue weighted by molar-refractivity contribution is 5.96. The number of aromatic nitrogens is 3. The molecule has 0 spiro atoms. The number of nitrogens with one attached hydrogen (secondary N) is 7. The van der Waals surface area contributed by atoms with E-state index in [-0.39, 0.29) is 25.9 Å². The van der Waals surface area contributed by atoms with Crippen molar-refractivity contribution in [2.24, 2.45) is 5.73 Å². The molecule has 9 N–H and O–H groups in total. The molecular formula is C47H51N9O8.